The zero-order valence-corrected chi connectivity index (χ0v) is 18.1. The van der Waals surface area contributed by atoms with Gasteiger partial charge in [0.25, 0.3) is 5.91 Å². The third-order valence-electron chi connectivity index (χ3n) is 4.24. The minimum atomic E-state index is -0.214. The molecule has 0 aliphatic rings. The van der Waals surface area contributed by atoms with Gasteiger partial charge in [0, 0.05) is 18.0 Å². The number of anilines is 1. The average Bonchev–Trinajstić information content (AvgIpc) is 3.03. The number of imidazole rings is 1. The van der Waals surface area contributed by atoms with Crippen molar-refractivity contribution in [2.24, 2.45) is 0 Å². The fraction of sp³-hybridized carbons (Fsp3) is 0.333. The molecule has 0 saturated heterocycles. The molecule has 0 radical (unpaired) electrons. The number of carbonyl (C=O) groups is 1. The highest BCUT2D eigenvalue weighted by Gasteiger charge is 2.20. The van der Waals surface area contributed by atoms with Gasteiger partial charge < -0.3 is 14.8 Å². The summed E-state index contributed by atoms with van der Waals surface area (Å²) in [6.07, 6.45) is 2.58. The quantitative estimate of drug-likeness (QED) is 0.554. The summed E-state index contributed by atoms with van der Waals surface area (Å²) < 4.78 is 13.9. The SMILES string of the molecule is CCOc1ccc(NC(=O)c2c(CC)nc3c(Br)cc(C)cn23)cc1OCC. The second-order valence-corrected chi connectivity index (χ2v) is 7.16. The van der Waals surface area contributed by atoms with Crippen LogP contribution in [0, 0.1) is 6.92 Å². The Bertz CT molecular complexity index is 1010. The molecule has 3 rings (SSSR count). The van der Waals surface area contributed by atoms with Gasteiger partial charge in [0.2, 0.25) is 0 Å². The maximum Gasteiger partial charge on any atom is 0.274 e. The zero-order chi connectivity index (χ0) is 20.3. The predicted molar refractivity (Wildman–Crippen MR) is 114 cm³/mol. The number of hydrogen-bond donors (Lipinski definition) is 1. The first kappa shape index (κ1) is 20.2. The predicted octanol–water partition coefficient (Wildman–Crippen LogP) is 5.02. The van der Waals surface area contributed by atoms with Gasteiger partial charge >= 0.3 is 0 Å². The van der Waals surface area contributed by atoms with Crippen LogP contribution in [0.2, 0.25) is 0 Å². The summed E-state index contributed by atoms with van der Waals surface area (Å²) in [6, 6.07) is 7.38. The maximum atomic E-state index is 13.1. The van der Waals surface area contributed by atoms with E-state index in [9.17, 15) is 4.79 Å². The fourth-order valence-electron chi connectivity index (χ4n) is 3.09. The van der Waals surface area contributed by atoms with E-state index in [4.69, 9.17) is 9.47 Å². The second kappa shape index (κ2) is 8.65. The number of nitrogens with zero attached hydrogens (tertiary/aromatic N) is 2. The van der Waals surface area contributed by atoms with E-state index in [-0.39, 0.29) is 5.91 Å². The molecule has 0 bridgehead atoms. The van der Waals surface area contributed by atoms with E-state index in [1.807, 2.05) is 44.4 Å². The molecule has 2 heterocycles. The highest BCUT2D eigenvalue weighted by atomic mass is 79.9. The van der Waals surface area contributed by atoms with Crippen LogP contribution in [0.15, 0.2) is 34.9 Å². The lowest BCUT2D eigenvalue weighted by Crippen LogP contribution is -2.16. The van der Waals surface area contributed by atoms with E-state index >= 15 is 0 Å². The monoisotopic (exact) mass is 445 g/mol. The first-order valence-corrected chi connectivity index (χ1v) is 10.2. The number of carbonyl (C=O) groups excluding carboxylic acids is 1. The summed E-state index contributed by atoms with van der Waals surface area (Å²) in [4.78, 5) is 17.7. The summed E-state index contributed by atoms with van der Waals surface area (Å²) in [6.45, 7) is 8.86. The molecule has 0 atom stereocenters. The van der Waals surface area contributed by atoms with Gasteiger partial charge in [0.05, 0.1) is 23.4 Å². The number of pyridine rings is 1. The molecule has 1 N–H and O–H groups in total. The molecule has 2 aromatic heterocycles. The average molecular weight is 446 g/mol. The lowest BCUT2D eigenvalue weighted by molar-refractivity contribution is 0.102. The van der Waals surface area contributed by atoms with E-state index in [0.717, 1.165) is 21.4 Å². The van der Waals surface area contributed by atoms with Gasteiger partial charge in [-0.05, 0) is 66.9 Å². The Kier molecular flexibility index (Phi) is 6.24. The maximum absolute atomic E-state index is 13.1. The van der Waals surface area contributed by atoms with Crippen molar-refractivity contribution in [2.75, 3.05) is 18.5 Å². The Morgan fingerprint density at radius 1 is 1.14 bits per heavy atom. The number of aryl methyl sites for hydroxylation is 2. The highest BCUT2D eigenvalue weighted by molar-refractivity contribution is 9.10. The number of rotatable bonds is 7. The number of fused-ring (bicyclic) bond motifs is 1. The van der Waals surface area contributed by atoms with Crippen molar-refractivity contribution in [3.63, 3.8) is 0 Å². The molecule has 3 aromatic rings. The molecule has 1 amide bonds. The number of nitrogens with one attached hydrogen (secondary N) is 1. The lowest BCUT2D eigenvalue weighted by atomic mass is 10.2. The van der Waals surface area contributed by atoms with E-state index in [2.05, 4.69) is 26.2 Å². The third-order valence-corrected chi connectivity index (χ3v) is 4.82. The van der Waals surface area contributed by atoms with Crippen molar-refractivity contribution >= 4 is 33.2 Å². The van der Waals surface area contributed by atoms with Crippen LogP contribution < -0.4 is 14.8 Å². The van der Waals surface area contributed by atoms with Crippen LogP contribution in [0.1, 0.15) is 42.5 Å². The van der Waals surface area contributed by atoms with Crippen LogP contribution in [0.25, 0.3) is 5.65 Å². The Hall–Kier alpha value is -2.54. The van der Waals surface area contributed by atoms with E-state index in [1.165, 1.54) is 0 Å². The number of amides is 1. The van der Waals surface area contributed by atoms with Crippen LogP contribution >= 0.6 is 15.9 Å². The minimum Gasteiger partial charge on any atom is -0.490 e. The molecule has 148 valence electrons. The summed E-state index contributed by atoms with van der Waals surface area (Å²) in [5.74, 6) is 1.05. The molecular weight excluding hydrogens is 422 g/mol. The van der Waals surface area contributed by atoms with Crippen LogP contribution in [0.5, 0.6) is 11.5 Å². The lowest BCUT2D eigenvalue weighted by Gasteiger charge is -2.13. The first-order valence-electron chi connectivity index (χ1n) is 9.36. The number of halogens is 1. The molecule has 7 heteroatoms. The number of aromatic nitrogens is 2. The molecular formula is C21H24BrN3O3. The molecule has 1 aromatic carbocycles. The fourth-order valence-corrected chi connectivity index (χ4v) is 3.73. The molecule has 0 aliphatic carbocycles. The minimum absolute atomic E-state index is 0.214. The normalized spacial score (nSPS) is 10.9. The second-order valence-electron chi connectivity index (χ2n) is 6.30. The Morgan fingerprint density at radius 2 is 1.86 bits per heavy atom. The molecule has 6 nitrogen and oxygen atoms in total. The van der Waals surface area contributed by atoms with Crippen LogP contribution in [0.4, 0.5) is 5.69 Å². The Morgan fingerprint density at radius 3 is 2.54 bits per heavy atom. The van der Waals surface area contributed by atoms with Crippen molar-refractivity contribution in [2.45, 2.75) is 34.1 Å². The topological polar surface area (TPSA) is 64.9 Å². The molecule has 0 aliphatic heterocycles. The highest BCUT2D eigenvalue weighted by Crippen LogP contribution is 2.31. The Labute approximate surface area is 173 Å². The number of ether oxygens (including phenoxy) is 2. The number of benzene rings is 1. The van der Waals surface area contributed by atoms with Crippen molar-refractivity contribution < 1.29 is 14.3 Å². The largest absolute Gasteiger partial charge is 0.490 e. The molecule has 28 heavy (non-hydrogen) atoms. The van der Waals surface area contributed by atoms with Gasteiger partial charge in [0.1, 0.15) is 5.69 Å². The molecule has 0 unspecified atom stereocenters. The first-order chi connectivity index (χ1) is 13.5. The Balaban J connectivity index is 1.98. The van der Waals surface area contributed by atoms with Gasteiger partial charge in [-0.15, -0.1) is 0 Å². The van der Waals surface area contributed by atoms with Crippen LogP contribution in [-0.2, 0) is 6.42 Å². The van der Waals surface area contributed by atoms with Crippen LogP contribution in [-0.4, -0.2) is 28.5 Å². The van der Waals surface area contributed by atoms with E-state index in [1.54, 1.807) is 18.2 Å². The van der Waals surface area contributed by atoms with Gasteiger partial charge in [-0.3, -0.25) is 9.20 Å². The summed E-state index contributed by atoms with van der Waals surface area (Å²) in [7, 11) is 0. The molecule has 0 saturated carbocycles. The van der Waals surface area contributed by atoms with Crippen molar-refractivity contribution in [1.29, 1.82) is 0 Å². The smallest absolute Gasteiger partial charge is 0.274 e. The van der Waals surface area contributed by atoms with Gasteiger partial charge in [-0.1, -0.05) is 6.92 Å². The van der Waals surface area contributed by atoms with E-state index in [0.29, 0.717) is 42.5 Å². The van der Waals surface area contributed by atoms with Crippen molar-refractivity contribution in [3.8, 4) is 11.5 Å². The zero-order valence-electron chi connectivity index (χ0n) is 16.5. The number of hydrogen-bond acceptors (Lipinski definition) is 4. The summed E-state index contributed by atoms with van der Waals surface area (Å²) in [5, 5.41) is 2.97. The summed E-state index contributed by atoms with van der Waals surface area (Å²) >= 11 is 3.54. The van der Waals surface area contributed by atoms with Gasteiger partial charge in [-0.25, -0.2) is 4.98 Å². The third kappa shape index (κ3) is 3.99. The molecule has 0 fully saturated rings. The van der Waals surface area contributed by atoms with E-state index < -0.39 is 0 Å². The van der Waals surface area contributed by atoms with Gasteiger partial charge in [-0.2, -0.15) is 0 Å². The summed E-state index contributed by atoms with van der Waals surface area (Å²) in [5.41, 5.74) is 3.69. The van der Waals surface area contributed by atoms with Gasteiger partial charge in [0.15, 0.2) is 17.1 Å². The van der Waals surface area contributed by atoms with Crippen LogP contribution in [0.3, 0.4) is 0 Å². The van der Waals surface area contributed by atoms with Crippen molar-refractivity contribution in [1.82, 2.24) is 9.38 Å². The van der Waals surface area contributed by atoms with Crippen molar-refractivity contribution in [3.05, 3.63) is 51.9 Å². The molecule has 0 spiro atoms. The standard InChI is InChI=1S/C21H24BrN3O3/c1-5-16-19(25-12-13(4)10-15(22)20(25)24-16)21(26)23-14-8-9-17(27-6-2)18(11-14)28-7-3/h8-12H,5-7H2,1-4H3,(H,23,26).